The Labute approximate surface area is 140 Å². The van der Waals surface area contributed by atoms with Crippen LogP contribution in [0.2, 0.25) is 0 Å². The number of carbonyl (C=O) groups is 1. The van der Waals surface area contributed by atoms with Gasteiger partial charge in [-0.1, -0.05) is 22.0 Å². The zero-order valence-electron chi connectivity index (χ0n) is 11.4. The van der Waals surface area contributed by atoms with E-state index in [4.69, 9.17) is 5.73 Å². The molecule has 22 heavy (non-hydrogen) atoms. The van der Waals surface area contributed by atoms with Gasteiger partial charge in [-0.3, -0.25) is 4.79 Å². The molecule has 0 radical (unpaired) electrons. The molecule has 3 aromatic rings. The molecule has 3 N–H and O–H groups in total. The summed E-state index contributed by atoms with van der Waals surface area (Å²) < 4.78 is 0.877. The number of hydrogen-bond donors (Lipinski definition) is 2. The van der Waals surface area contributed by atoms with Crippen molar-refractivity contribution in [1.29, 1.82) is 0 Å². The Kier molecular flexibility index (Phi) is 4.22. The lowest BCUT2D eigenvalue weighted by atomic mass is 10.1. The second-order valence-corrected chi connectivity index (χ2v) is 6.47. The molecule has 2 heterocycles. The molecule has 0 bridgehead atoms. The first-order valence-electron chi connectivity index (χ1n) is 6.50. The molecule has 2 aromatic heterocycles. The van der Waals surface area contributed by atoms with Crippen LogP contribution < -0.4 is 11.1 Å². The van der Waals surface area contributed by atoms with Crippen molar-refractivity contribution in [3.05, 3.63) is 63.4 Å². The number of hydrogen-bond acceptors (Lipinski definition) is 4. The van der Waals surface area contributed by atoms with Crippen molar-refractivity contribution in [3.8, 4) is 11.1 Å². The predicted octanol–water partition coefficient (Wildman–Crippen LogP) is 4.41. The first-order valence-corrected chi connectivity index (χ1v) is 8.17. The standard InChI is InChI=1S/C16H12BrN3OS/c17-11-7-10(8-12(18)9-11)13-3-1-5-19-15(13)20-16(21)14-4-2-6-22-14/h1-9H,18H2,(H,19,20,21). The lowest BCUT2D eigenvalue weighted by molar-refractivity contribution is 0.103. The van der Waals surface area contributed by atoms with Crippen LogP contribution in [0.5, 0.6) is 0 Å². The molecule has 0 saturated heterocycles. The summed E-state index contributed by atoms with van der Waals surface area (Å²) >= 11 is 4.82. The van der Waals surface area contributed by atoms with E-state index in [2.05, 4.69) is 26.2 Å². The maximum atomic E-state index is 12.2. The first kappa shape index (κ1) is 14.7. The second-order valence-electron chi connectivity index (χ2n) is 4.60. The van der Waals surface area contributed by atoms with Crippen molar-refractivity contribution in [3.63, 3.8) is 0 Å². The summed E-state index contributed by atoms with van der Waals surface area (Å²) in [4.78, 5) is 17.1. The zero-order chi connectivity index (χ0) is 15.5. The van der Waals surface area contributed by atoms with Crippen LogP contribution in [0.3, 0.4) is 0 Å². The van der Waals surface area contributed by atoms with Crippen LogP contribution in [-0.2, 0) is 0 Å². The smallest absolute Gasteiger partial charge is 0.266 e. The van der Waals surface area contributed by atoms with Crippen LogP contribution in [0.4, 0.5) is 11.5 Å². The number of nitrogens with zero attached hydrogens (tertiary/aromatic N) is 1. The third kappa shape index (κ3) is 3.18. The van der Waals surface area contributed by atoms with Crippen LogP contribution in [0.25, 0.3) is 11.1 Å². The molecule has 110 valence electrons. The maximum Gasteiger partial charge on any atom is 0.266 e. The largest absolute Gasteiger partial charge is 0.399 e. The minimum atomic E-state index is -0.169. The van der Waals surface area contributed by atoms with Gasteiger partial charge in [0.15, 0.2) is 0 Å². The minimum absolute atomic E-state index is 0.169. The van der Waals surface area contributed by atoms with Crippen molar-refractivity contribution in [2.45, 2.75) is 0 Å². The number of amides is 1. The summed E-state index contributed by atoms with van der Waals surface area (Å²) in [5, 5.41) is 4.72. The highest BCUT2D eigenvalue weighted by Crippen LogP contribution is 2.30. The Morgan fingerprint density at radius 1 is 1.23 bits per heavy atom. The maximum absolute atomic E-state index is 12.2. The van der Waals surface area contributed by atoms with E-state index in [1.165, 1.54) is 11.3 Å². The van der Waals surface area contributed by atoms with Gasteiger partial charge in [0.25, 0.3) is 5.91 Å². The van der Waals surface area contributed by atoms with Crippen LogP contribution in [0.1, 0.15) is 9.67 Å². The van der Waals surface area contributed by atoms with Gasteiger partial charge in [-0.2, -0.15) is 0 Å². The number of nitrogen functional groups attached to an aromatic ring is 1. The zero-order valence-corrected chi connectivity index (χ0v) is 13.8. The van der Waals surface area contributed by atoms with Crippen molar-refractivity contribution < 1.29 is 4.79 Å². The molecule has 0 atom stereocenters. The van der Waals surface area contributed by atoms with Gasteiger partial charge in [0, 0.05) is 21.9 Å². The predicted molar refractivity (Wildman–Crippen MR) is 94.1 cm³/mol. The number of rotatable bonds is 3. The molecule has 6 heteroatoms. The first-order chi connectivity index (χ1) is 10.6. The fourth-order valence-electron chi connectivity index (χ4n) is 2.08. The third-order valence-electron chi connectivity index (χ3n) is 3.02. The highest BCUT2D eigenvalue weighted by molar-refractivity contribution is 9.10. The van der Waals surface area contributed by atoms with Crippen LogP contribution in [0, 0.1) is 0 Å². The van der Waals surface area contributed by atoms with Crippen molar-refractivity contribution in [2.75, 3.05) is 11.1 Å². The summed E-state index contributed by atoms with van der Waals surface area (Å²) in [6.45, 7) is 0. The summed E-state index contributed by atoms with van der Waals surface area (Å²) in [5.41, 5.74) is 8.24. The quantitative estimate of drug-likeness (QED) is 0.668. The van der Waals surface area contributed by atoms with Gasteiger partial charge in [-0.25, -0.2) is 4.98 Å². The number of carbonyl (C=O) groups excluding carboxylic acids is 1. The van der Waals surface area contributed by atoms with Gasteiger partial charge < -0.3 is 11.1 Å². The monoisotopic (exact) mass is 373 g/mol. The average Bonchev–Trinajstić information content (AvgIpc) is 3.01. The number of nitrogens with one attached hydrogen (secondary N) is 1. The summed E-state index contributed by atoms with van der Waals surface area (Å²) in [7, 11) is 0. The molecule has 3 rings (SSSR count). The third-order valence-corrected chi connectivity index (χ3v) is 4.34. The Morgan fingerprint density at radius 3 is 2.82 bits per heavy atom. The van der Waals surface area contributed by atoms with Crippen molar-refractivity contribution in [1.82, 2.24) is 4.98 Å². The van der Waals surface area contributed by atoms with E-state index in [0.29, 0.717) is 16.4 Å². The number of aromatic nitrogens is 1. The van der Waals surface area contributed by atoms with Gasteiger partial charge in [0.2, 0.25) is 0 Å². The molecule has 0 aliphatic rings. The van der Waals surface area contributed by atoms with E-state index >= 15 is 0 Å². The number of pyridine rings is 1. The Balaban J connectivity index is 1.98. The van der Waals surface area contributed by atoms with Crippen molar-refractivity contribution in [2.24, 2.45) is 0 Å². The average molecular weight is 374 g/mol. The van der Waals surface area contributed by atoms with Gasteiger partial charge >= 0.3 is 0 Å². The highest BCUT2D eigenvalue weighted by atomic mass is 79.9. The lowest BCUT2D eigenvalue weighted by Gasteiger charge is -2.10. The normalized spacial score (nSPS) is 10.4. The molecule has 1 amide bonds. The topological polar surface area (TPSA) is 68.0 Å². The second kappa shape index (κ2) is 6.29. The minimum Gasteiger partial charge on any atom is -0.399 e. The van der Waals surface area contributed by atoms with Gasteiger partial charge in [0.05, 0.1) is 4.88 Å². The summed E-state index contributed by atoms with van der Waals surface area (Å²) in [5.74, 6) is 0.344. The molecule has 0 aliphatic carbocycles. The fourth-order valence-corrected chi connectivity index (χ4v) is 3.21. The number of thiophene rings is 1. The number of nitrogens with two attached hydrogens (primary N) is 1. The van der Waals surface area contributed by atoms with E-state index in [9.17, 15) is 4.79 Å². The number of halogens is 1. The SMILES string of the molecule is Nc1cc(Br)cc(-c2cccnc2NC(=O)c2cccs2)c1. The van der Waals surface area contributed by atoms with E-state index in [-0.39, 0.29) is 5.91 Å². The van der Waals surface area contributed by atoms with Crippen molar-refractivity contribution >= 4 is 44.7 Å². The molecule has 0 unspecified atom stereocenters. The molecule has 0 aliphatic heterocycles. The molecular formula is C16H12BrN3OS. The Morgan fingerprint density at radius 2 is 2.09 bits per heavy atom. The van der Waals surface area contributed by atoms with Gasteiger partial charge in [-0.15, -0.1) is 11.3 Å². The number of benzene rings is 1. The highest BCUT2D eigenvalue weighted by Gasteiger charge is 2.12. The Bertz CT molecular complexity index is 798. The molecule has 1 aromatic carbocycles. The summed E-state index contributed by atoms with van der Waals surface area (Å²) in [6, 6.07) is 13.0. The van der Waals surface area contributed by atoms with E-state index in [0.717, 1.165) is 15.6 Å². The van der Waals surface area contributed by atoms with E-state index in [1.807, 2.05) is 41.8 Å². The molecule has 0 spiro atoms. The Hall–Kier alpha value is -2.18. The fraction of sp³-hybridized carbons (Fsp3) is 0. The van der Waals surface area contributed by atoms with Crippen LogP contribution in [0.15, 0.2) is 58.5 Å². The van der Waals surface area contributed by atoms with Gasteiger partial charge in [-0.05, 0) is 47.3 Å². The number of anilines is 2. The lowest BCUT2D eigenvalue weighted by Crippen LogP contribution is -2.12. The summed E-state index contributed by atoms with van der Waals surface area (Å²) in [6.07, 6.45) is 1.65. The van der Waals surface area contributed by atoms with E-state index in [1.54, 1.807) is 12.3 Å². The molecule has 4 nitrogen and oxygen atoms in total. The van der Waals surface area contributed by atoms with Gasteiger partial charge in [0.1, 0.15) is 5.82 Å². The molecular weight excluding hydrogens is 362 g/mol. The molecule has 0 fully saturated rings. The van der Waals surface area contributed by atoms with Crippen LogP contribution in [-0.4, -0.2) is 10.9 Å². The van der Waals surface area contributed by atoms with E-state index < -0.39 is 0 Å². The molecule has 0 saturated carbocycles. The van der Waals surface area contributed by atoms with Crippen LogP contribution >= 0.6 is 27.3 Å².